The average Bonchev–Trinajstić information content (AvgIpc) is 2.47. The molecule has 0 spiro atoms. The Balaban J connectivity index is 2.02. The lowest BCUT2D eigenvalue weighted by molar-refractivity contribution is 0.0954. The van der Waals surface area contributed by atoms with E-state index in [1.807, 2.05) is 0 Å². The topological polar surface area (TPSA) is 70.9 Å². The van der Waals surface area contributed by atoms with E-state index in [9.17, 15) is 14.3 Å². The van der Waals surface area contributed by atoms with E-state index < -0.39 is 11.7 Å². The van der Waals surface area contributed by atoms with Gasteiger partial charge in [-0.2, -0.15) is 5.10 Å². The molecule has 0 radical (unpaired) electrons. The van der Waals surface area contributed by atoms with Crippen LogP contribution in [0.4, 0.5) is 4.39 Å². The predicted octanol–water partition coefficient (Wildman–Crippen LogP) is 2.30. The van der Waals surface area contributed by atoms with Crippen molar-refractivity contribution in [1.29, 1.82) is 0 Å². The molecule has 0 aromatic heterocycles. The number of amides is 1. The van der Waals surface area contributed by atoms with E-state index in [4.69, 9.17) is 4.74 Å². The molecule has 2 N–H and O–H groups in total. The maximum Gasteiger partial charge on any atom is 0.271 e. The molecule has 0 heterocycles. The predicted molar refractivity (Wildman–Crippen MR) is 76.1 cm³/mol. The zero-order chi connectivity index (χ0) is 15.2. The Morgan fingerprint density at radius 1 is 1.33 bits per heavy atom. The second kappa shape index (κ2) is 6.51. The van der Waals surface area contributed by atoms with Crippen LogP contribution in [0.3, 0.4) is 0 Å². The van der Waals surface area contributed by atoms with E-state index in [-0.39, 0.29) is 17.1 Å². The molecule has 21 heavy (non-hydrogen) atoms. The smallest absolute Gasteiger partial charge is 0.271 e. The number of phenolic OH excluding ortho intramolecular Hbond substituents is 1. The number of hydrogen-bond donors (Lipinski definition) is 2. The van der Waals surface area contributed by atoms with Crippen LogP contribution in [-0.2, 0) is 0 Å². The van der Waals surface area contributed by atoms with Crippen molar-refractivity contribution < 1.29 is 19.0 Å². The molecular formula is C15H13FN2O3. The Hall–Kier alpha value is -2.89. The minimum Gasteiger partial charge on any atom is -0.508 e. The van der Waals surface area contributed by atoms with Crippen molar-refractivity contribution in [2.45, 2.75) is 0 Å². The number of rotatable bonds is 4. The molecule has 0 saturated carbocycles. The Labute approximate surface area is 120 Å². The summed E-state index contributed by atoms with van der Waals surface area (Å²) in [7, 11) is 1.38. The van der Waals surface area contributed by atoms with Gasteiger partial charge in [0.2, 0.25) is 0 Å². The van der Waals surface area contributed by atoms with Gasteiger partial charge < -0.3 is 9.84 Å². The number of phenols is 1. The molecule has 0 atom stereocenters. The lowest BCUT2D eigenvalue weighted by Gasteiger charge is -2.02. The van der Waals surface area contributed by atoms with Crippen molar-refractivity contribution in [3.05, 3.63) is 59.4 Å². The van der Waals surface area contributed by atoms with E-state index in [0.717, 1.165) is 0 Å². The van der Waals surface area contributed by atoms with E-state index in [0.29, 0.717) is 5.56 Å². The quantitative estimate of drug-likeness (QED) is 0.670. The number of methoxy groups -OCH3 is 1. The number of nitrogens with zero attached hydrogens (tertiary/aromatic N) is 1. The van der Waals surface area contributed by atoms with Crippen LogP contribution < -0.4 is 10.2 Å². The number of ether oxygens (including phenoxy) is 1. The maximum absolute atomic E-state index is 13.4. The summed E-state index contributed by atoms with van der Waals surface area (Å²) in [5.74, 6) is -0.864. The van der Waals surface area contributed by atoms with Crippen LogP contribution in [0.15, 0.2) is 47.6 Å². The number of aromatic hydroxyl groups is 1. The standard InChI is InChI=1S/C15H13FN2O3/c1-21-14-6-5-10(7-13(14)16)9-17-18-15(20)11-3-2-4-12(19)8-11/h2-9,19H,1H3,(H,18,20)/b17-9-. The molecule has 0 bridgehead atoms. The Morgan fingerprint density at radius 2 is 2.14 bits per heavy atom. The van der Waals surface area contributed by atoms with Crippen LogP contribution >= 0.6 is 0 Å². The summed E-state index contributed by atoms with van der Waals surface area (Å²) in [4.78, 5) is 11.7. The Bertz CT molecular complexity index is 686. The fourth-order valence-corrected chi connectivity index (χ4v) is 1.64. The fourth-order valence-electron chi connectivity index (χ4n) is 1.64. The first kappa shape index (κ1) is 14.5. The van der Waals surface area contributed by atoms with Crippen LogP contribution in [0.1, 0.15) is 15.9 Å². The zero-order valence-electron chi connectivity index (χ0n) is 11.2. The second-order valence-electron chi connectivity index (χ2n) is 4.14. The Kier molecular flexibility index (Phi) is 4.50. The number of benzene rings is 2. The van der Waals surface area contributed by atoms with Crippen molar-refractivity contribution in [3.8, 4) is 11.5 Å². The van der Waals surface area contributed by atoms with Gasteiger partial charge in [0.25, 0.3) is 5.91 Å². The largest absolute Gasteiger partial charge is 0.508 e. The van der Waals surface area contributed by atoms with Gasteiger partial charge in [0, 0.05) is 5.56 Å². The SMILES string of the molecule is COc1ccc(/C=N\NC(=O)c2cccc(O)c2)cc1F. The van der Waals surface area contributed by atoms with Crippen LogP contribution in [0.25, 0.3) is 0 Å². The first-order chi connectivity index (χ1) is 10.1. The van der Waals surface area contributed by atoms with E-state index in [1.165, 1.54) is 43.7 Å². The van der Waals surface area contributed by atoms with Gasteiger partial charge in [-0.15, -0.1) is 0 Å². The van der Waals surface area contributed by atoms with Crippen molar-refractivity contribution in [1.82, 2.24) is 5.43 Å². The third-order valence-corrected chi connectivity index (χ3v) is 2.66. The van der Waals surface area contributed by atoms with Crippen LogP contribution in [-0.4, -0.2) is 24.3 Å². The average molecular weight is 288 g/mol. The number of hydrazone groups is 1. The lowest BCUT2D eigenvalue weighted by Crippen LogP contribution is -2.17. The zero-order valence-corrected chi connectivity index (χ0v) is 11.2. The molecule has 0 fully saturated rings. The van der Waals surface area contributed by atoms with Crippen LogP contribution in [0.2, 0.25) is 0 Å². The van der Waals surface area contributed by atoms with Crippen molar-refractivity contribution in [2.24, 2.45) is 5.10 Å². The number of carbonyl (C=O) groups is 1. The molecule has 108 valence electrons. The molecule has 2 rings (SSSR count). The van der Waals surface area contributed by atoms with E-state index >= 15 is 0 Å². The summed E-state index contributed by atoms with van der Waals surface area (Å²) in [6.45, 7) is 0. The summed E-state index contributed by atoms with van der Waals surface area (Å²) in [5, 5.41) is 13.0. The fraction of sp³-hybridized carbons (Fsp3) is 0.0667. The highest BCUT2D eigenvalue weighted by Gasteiger charge is 2.05. The second-order valence-corrected chi connectivity index (χ2v) is 4.14. The summed E-state index contributed by atoms with van der Waals surface area (Å²) in [6.07, 6.45) is 1.31. The molecular weight excluding hydrogens is 275 g/mol. The molecule has 0 unspecified atom stereocenters. The summed E-state index contributed by atoms with van der Waals surface area (Å²) < 4.78 is 18.2. The molecule has 2 aromatic carbocycles. The lowest BCUT2D eigenvalue weighted by atomic mass is 10.2. The molecule has 1 amide bonds. The maximum atomic E-state index is 13.4. The van der Waals surface area contributed by atoms with Crippen molar-refractivity contribution >= 4 is 12.1 Å². The monoisotopic (exact) mass is 288 g/mol. The van der Waals surface area contributed by atoms with Gasteiger partial charge in [0.1, 0.15) is 5.75 Å². The van der Waals surface area contributed by atoms with Crippen LogP contribution in [0, 0.1) is 5.82 Å². The van der Waals surface area contributed by atoms with Gasteiger partial charge in [0.15, 0.2) is 11.6 Å². The van der Waals surface area contributed by atoms with Gasteiger partial charge in [-0.1, -0.05) is 6.07 Å². The first-order valence-corrected chi connectivity index (χ1v) is 6.06. The highest BCUT2D eigenvalue weighted by Crippen LogP contribution is 2.16. The van der Waals surface area contributed by atoms with Gasteiger partial charge in [-0.25, -0.2) is 9.82 Å². The number of nitrogens with one attached hydrogen (secondary N) is 1. The van der Waals surface area contributed by atoms with E-state index in [2.05, 4.69) is 10.5 Å². The van der Waals surface area contributed by atoms with Gasteiger partial charge in [0.05, 0.1) is 13.3 Å². The molecule has 0 saturated heterocycles. The molecule has 5 nitrogen and oxygen atoms in total. The molecule has 6 heteroatoms. The summed E-state index contributed by atoms with van der Waals surface area (Å²) in [6, 6.07) is 10.2. The first-order valence-electron chi connectivity index (χ1n) is 6.06. The molecule has 0 aliphatic rings. The molecule has 2 aromatic rings. The minimum absolute atomic E-state index is 0.0103. The van der Waals surface area contributed by atoms with Gasteiger partial charge in [-0.3, -0.25) is 4.79 Å². The third-order valence-electron chi connectivity index (χ3n) is 2.66. The van der Waals surface area contributed by atoms with E-state index in [1.54, 1.807) is 12.1 Å². The molecule has 0 aliphatic carbocycles. The van der Waals surface area contributed by atoms with Crippen LogP contribution in [0.5, 0.6) is 11.5 Å². The third kappa shape index (κ3) is 3.79. The summed E-state index contributed by atoms with van der Waals surface area (Å²) in [5.41, 5.74) is 3.04. The minimum atomic E-state index is -0.513. The number of halogens is 1. The van der Waals surface area contributed by atoms with Gasteiger partial charge >= 0.3 is 0 Å². The highest BCUT2D eigenvalue weighted by atomic mass is 19.1. The summed E-state index contributed by atoms with van der Waals surface area (Å²) >= 11 is 0. The highest BCUT2D eigenvalue weighted by molar-refractivity contribution is 5.95. The molecule has 0 aliphatic heterocycles. The van der Waals surface area contributed by atoms with Gasteiger partial charge in [-0.05, 0) is 42.0 Å². The Morgan fingerprint density at radius 3 is 2.81 bits per heavy atom. The normalized spacial score (nSPS) is 10.6. The van der Waals surface area contributed by atoms with Crippen molar-refractivity contribution in [3.63, 3.8) is 0 Å². The number of carbonyl (C=O) groups excluding carboxylic acids is 1. The number of hydrogen-bond acceptors (Lipinski definition) is 4. The van der Waals surface area contributed by atoms with Crippen molar-refractivity contribution in [2.75, 3.05) is 7.11 Å².